The van der Waals surface area contributed by atoms with Crippen LogP contribution in [-0.2, 0) is 11.2 Å². The zero-order valence-electron chi connectivity index (χ0n) is 16.0. The molecule has 2 N–H and O–H groups in total. The smallest absolute Gasteiger partial charge is 0.238 e. The minimum atomic E-state index is -0.406. The van der Waals surface area contributed by atoms with Crippen LogP contribution in [0, 0.1) is 0 Å². The Morgan fingerprint density at radius 3 is 2.59 bits per heavy atom. The topological polar surface area (TPSA) is 65.2 Å². The minimum Gasteiger partial charge on any atom is -0.360 e. The molecule has 0 bridgehead atoms. The highest BCUT2D eigenvalue weighted by Crippen LogP contribution is 2.20. The maximum Gasteiger partial charge on any atom is 0.238 e. The van der Waals surface area contributed by atoms with Crippen molar-refractivity contribution in [1.82, 2.24) is 9.88 Å². The predicted octanol–water partition coefficient (Wildman–Crippen LogP) is 3.87. The average molecular weight is 363 g/mol. The van der Waals surface area contributed by atoms with Crippen LogP contribution in [0.5, 0.6) is 0 Å². The molecular formula is C22H25N3O2. The summed E-state index contributed by atoms with van der Waals surface area (Å²) < 4.78 is 0. The summed E-state index contributed by atoms with van der Waals surface area (Å²) in [6.07, 6.45) is 2.59. The normalized spacial score (nSPS) is 12.3. The molecule has 2 aromatic carbocycles. The SMILES string of the molecule is CCc1ccccc1NC(=O)CN(C)[C@H](C)C(=O)c1c[nH]c2ccccc12. The van der Waals surface area contributed by atoms with Gasteiger partial charge in [-0.2, -0.15) is 0 Å². The second kappa shape index (κ2) is 8.18. The van der Waals surface area contributed by atoms with Gasteiger partial charge in [0.1, 0.15) is 0 Å². The first kappa shape index (κ1) is 18.9. The van der Waals surface area contributed by atoms with Gasteiger partial charge in [-0.3, -0.25) is 14.5 Å². The zero-order valence-corrected chi connectivity index (χ0v) is 16.0. The Bertz CT molecular complexity index is 961. The number of nitrogens with zero attached hydrogens (tertiary/aromatic N) is 1. The number of carbonyl (C=O) groups is 2. The molecule has 1 atom stereocenters. The molecular weight excluding hydrogens is 338 g/mol. The highest BCUT2D eigenvalue weighted by atomic mass is 16.2. The second-order valence-electron chi connectivity index (χ2n) is 6.76. The molecule has 27 heavy (non-hydrogen) atoms. The third-order valence-corrected chi connectivity index (χ3v) is 4.96. The van der Waals surface area contributed by atoms with Crippen molar-refractivity contribution < 1.29 is 9.59 Å². The fraction of sp³-hybridized carbons (Fsp3) is 0.273. The molecule has 0 radical (unpaired) electrons. The summed E-state index contributed by atoms with van der Waals surface area (Å²) in [5.74, 6) is -0.131. The molecule has 3 aromatic rings. The summed E-state index contributed by atoms with van der Waals surface area (Å²) in [6, 6.07) is 15.1. The number of hydrogen-bond donors (Lipinski definition) is 2. The number of benzene rings is 2. The molecule has 1 amide bonds. The maximum atomic E-state index is 12.9. The van der Waals surface area contributed by atoms with E-state index in [2.05, 4.69) is 17.2 Å². The van der Waals surface area contributed by atoms with Gasteiger partial charge < -0.3 is 10.3 Å². The third kappa shape index (κ3) is 4.09. The van der Waals surface area contributed by atoms with Crippen LogP contribution in [0.15, 0.2) is 54.7 Å². The molecule has 0 aliphatic heterocycles. The molecule has 0 spiro atoms. The lowest BCUT2D eigenvalue weighted by atomic mass is 10.0. The number of H-pyrrole nitrogens is 1. The van der Waals surface area contributed by atoms with Crippen LogP contribution < -0.4 is 5.32 Å². The van der Waals surface area contributed by atoms with Crippen LogP contribution in [0.4, 0.5) is 5.69 Å². The second-order valence-corrected chi connectivity index (χ2v) is 6.76. The van der Waals surface area contributed by atoms with Gasteiger partial charge in [-0.15, -0.1) is 0 Å². The number of aryl methyl sites for hydroxylation is 1. The Labute approximate surface area is 159 Å². The first-order chi connectivity index (χ1) is 13.0. The lowest BCUT2D eigenvalue weighted by Crippen LogP contribution is -2.41. The van der Waals surface area contributed by atoms with Crippen molar-refractivity contribution in [2.24, 2.45) is 0 Å². The van der Waals surface area contributed by atoms with E-state index in [0.29, 0.717) is 5.56 Å². The van der Waals surface area contributed by atoms with E-state index in [0.717, 1.165) is 28.6 Å². The fourth-order valence-electron chi connectivity index (χ4n) is 3.20. The van der Waals surface area contributed by atoms with Crippen molar-refractivity contribution in [1.29, 1.82) is 0 Å². The Balaban J connectivity index is 1.67. The zero-order chi connectivity index (χ0) is 19.4. The summed E-state index contributed by atoms with van der Waals surface area (Å²) >= 11 is 0. The monoisotopic (exact) mass is 363 g/mol. The number of ketones is 1. The van der Waals surface area contributed by atoms with E-state index >= 15 is 0 Å². The van der Waals surface area contributed by atoms with Crippen molar-refractivity contribution in [2.75, 3.05) is 18.9 Å². The van der Waals surface area contributed by atoms with Gasteiger partial charge in [-0.1, -0.05) is 43.3 Å². The lowest BCUT2D eigenvalue weighted by Gasteiger charge is -2.23. The van der Waals surface area contributed by atoms with E-state index in [1.165, 1.54) is 0 Å². The number of rotatable bonds is 7. The number of aromatic nitrogens is 1. The van der Waals surface area contributed by atoms with Gasteiger partial charge >= 0.3 is 0 Å². The number of amides is 1. The third-order valence-electron chi connectivity index (χ3n) is 4.96. The number of Topliss-reactive ketones (excluding diaryl/α,β-unsaturated/α-hetero) is 1. The molecule has 0 unspecified atom stereocenters. The predicted molar refractivity (Wildman–Crippen MR) is 109 cm³/mol. The first-order valence-electron chi connectivity index (χ1n) is 9.19. The molecule has 0 saturated heterocycles. The largest absolute Gasteiger partial charge is 0.360 e. The van der Waals surface area contributed by atoms with Gasteiger partial charge in [0.25, 0.3) is 0 Å². The van der Waals surface area contributed by atoms with E-state index in [9.17, 15) is 9.59 Å². The molecule has 1 heterocycles. The summed E-state index contributed by atoms with van der Waals surface area (Å²) in [4.78, 5) is 30.3. The van der Waals surface area contributed by atoms with E-state index in [1.54, 1.807) is 18.1 Å². The molecule has 140 valence electrons. The Morgan fingerprint density at radius 2 is 1.81 bits per heavy atom. The number of likely N-dealkylation sites (N-methyl/N-ethyl adjacent to an activating group) is 1. The van der Waals surface area contributed by atoms with Crippen molar-refractivity contribution in [3.8, 4) is 0 Å². The van der Waals surface area contributed by atoms with Gasteiger partial charge in [-0.25, -0.2) is 0 Å². The van der Waals surface area contributed by atoms with Crippen molar-refractivity contribution in [2.45, 2.75) is 26.3 Å². The maximum absolute atomic E-state index is 12.9. The Kier molecular flexibility index (Phi) is 5.72. The molecule has 0 aliphatic rings. The summed E-state index contributed by atoms with van der Waals surface area (Å²) in [5, 5.41) is 3.86. The highest BCUT2D eigenvalue weighted by Gasteiger charge is 2.23. The lowest BCUT2D eigenvalue weighted by molar-refractivity contribution is -0.117. The molecule has 0 aliphatic carbocycles. The van der Waals surface area contributed by atoms with Crippen LogP contribution in [0.3, 0.4) is 0 Å². The summed E-state index contributed by atoms with van der Waals surface area (Å²) in [5.41, 5.74) is 3.51. The standard InChI is InChI=1S/C22H25N3O2/c1-4-16-9-5-7-11-19(16)24-21(26)14-25(3)15(2)22(27)18-13-23-20-12-8-6-10-17(18)20/h5-13,15,23H,4,14H2,1-3H3,(H,24,26)/t15-/m1/s1. The summed E-state index contributed by atoms with van der Waals surface area (Å²) in [7, 11) is 1.79. The molecule has 5 nitrogen and oxygen atoms in total. The van der Waals surface area contributed by atoms with E-state index < -0.39 is 6.04 Å². The molecule has 0 fully saturated rings. The minimum absolute atomic E-state index is 0.00305. The Hall–Kier alpha value is -2.92. The van der Waals surface area contributed by atoms with Gasteiger partial charge in [-0.05, 0) is 38.1 Å². The van der Waals surface area contributed by atoms with E-state index in [4.69, 9.17) is 0 Å². The first-order valence-corrected chi connectivity index (χ1v) is 9.19. The van der Waals surface area contributed by atoms with Crippen LogP contribution in [-0.4, -0.2) is 41.2 Å². The van der Waals surface area contributed by atoms with Crippen LogP contribution in [0.1, 0.15) is 29.8 Å². The average Bonchev–Trinajstić information content (AvgIpc) is 3.11. The van der Waals surface area contributed by atoms with Crippen molar-refractivity contribution >= 4 is 28.3 Å². The van der Waals surface area contributed by atoms with E-state index in [1.807, 2.05) is 55.5 Å². The van der Waals surface area contributed by atoms with Crippen molar-refractivity contribution in [3.05, 3.63) is 65.9 Å². The van der Waals surface area contributed by atoms with E-state index in [-0.39, 0.29) is 18.2 Å². The Morgan fingerprint density at radius 1 is 1.11 bits per heavy atom. The number of anilines is 1. The van der Waals surface area contributed by atoms with Gasteiger partial charge in [0.15, 0.2) is 5.78 Å². The number of para-hydroxylation sites is 2. The number of nitrogens with one attached hydrogen (secondary N) is 2. The molecule has 1 aromatic heterocycles. The highest BCUT2D eigenvalue weighted by molar-refractivity contribution is 6.10. The number of fused-ring (bicyclic) bond motifs is 1. The number of hydrogen-bond acceptors (Lipinski definition) is 3. The van der Waals surface area contributed by atoms with Gasteiger partial charge in [0, 0.05) is 28.4 Å². The number of carbonyl (C=O) groups excluding carboxylic acids is 2. The number of aromatic amines is 1. The van der Waals surface area contributed by atoms with Gasteiger partial charge in [0.05, 0.1) is 12.6 Å². The van der Waals surface area contributed by atoms with Gasteiger partial charge in [0.2, 0.25) is 5.91 Å². The van der Waals surface area contributed by atoms with Crippen LogP contribution in [0.2, 0.25) is 0 Å². The van der Waals surface area contributed by atoms with Crippen molar-refractivity contribution in [3.63, 3.8) is 0 Å². The van der Waals surface area contributed by atoms with Crippen LogP contribution in [0.25, 0.3) is 10.9 Å². The summed E-state index contributed by atoms with van der Waals surface area (Å²) in [6.45, 7) is 4.03. The fourth-order valence-corrected chi connectivity index (χ4v) is 3.20. The molecule has 0 saturated carbocycles. The van der Waals surface area contributed by atoms with Crippen LogP contribution >= 0.6 is 0 Å². The quantitative estimate of drug-likeness (QED) is 0.626. The molecule has 3 rings (SSSR count). The molecule has 5 heteroatoms.